The molecule has 1 aromatic rings. The Hall–Kier alpha value is -2.04. The molecule has 2 aliphatic heterocycles. The highest BCUT2D eigenvalue weighted by atomic mass is 32.2. The summed E-state index contributed by atoms with van der Waals surface area (Å²) in [6.07, 6.45) is 0. The van der Waals surface area contributed by atoms with Gasteiger partial charge in [0.15, 0.2) is 0 Å². The second kappa shape index (κ2) is 6.84. The zero-order chi connectivity index (χ0) is 20.0. The Morgan fingerprint density at radius 2 is 1.67 bits per heavy atom. The zero-order valence-corrected chi connectivity index (χ0v) is 16.4. The van der Waals surface area contributed by atoms with Crippen molar-refractivity contribution in [2.75, 3.05) is 39.9 Å². The van der Waals surface area contributed by atoms with E-state index < -0.39 is 21.4 Å². The minimum absolute atomic E-state index is 0.110. The highest BCUT2D eigenvalue weighted by molar-refractivity contribution is 7.89. The minimum Gasteiger partial charge on any atom is -0.313 e. The summed E-state index contributed by atoms with van der Waals surface area (Å²) in [4.78, 5) is 28.8. The molecular formula is C17H23FN4O4S. The van der Waals surface area contributed by atoms with Crippen molar-refractivity contribution in [1.82, 2.24) is 19.0 Å². The number of halogens is 1. The Kier molecular flexibility index (Phi) is 5.00. The Bertz CT molecular complexity index is 865. The number of nitrogens with zero attached hydrogens (tertiary/aromatic N) is 4. The van der Waals surface area contributed by atoms with Gasteiger partial charge in [-0.2, -0.15) is 4.31 Å². The van der Waals surface area contributed by atoms with Crippen molar-refractivity contribution in [2.45, 2.75) is 24.3 Å². The average Bonchev–Trinajstić information content (AvgIpc) is 2.77. The van der Waals surface area contributed by atoms with Gasteiger partial charge in [-0.1, -0.05) is 12.1 Å². The molecule has 0 unspecified atom stereocenters. The molecule has 2 heterocycles. The number of likely N-dealkylation sites (N-methyl/N-ethyl adjacent to an activating group) is 1. The Morgan fingerprint density at radius 3 is 2.19 bits per heavy atom. The average molecular weight is 398 g/mol. The van der Waals surface area contributed by atoms with Crippen LogP contribution < -0.4 is 0 Å². The van der Waals surface area contributed by atoms with E-state index in [1.54, 1.807) is 20.9 Å². The van der Waals surface area contributed by atoms with E-state index in [0.717, 1.165) is 6.07 Å². The van der Waals surface area contributed by atoms with Gasteiger partial charge >= 0.3 is 6.03 Å². The molecule has 0 spiro atoms. The van der Waals surface area contributed by atoms with E-state index in [1.165, 1.54) is 32.3 Å². The van der Waals surface area contributed by atoms with Crippen LogP contribution in [0.3, 0.4) is 0 Å². The molecule has 148 valence electrons. The SMILES string of the molecule is CN1C(=O)N(CN2CCN(S(=O)(=O)c3ccccc3F)CC2)C(=O)C1(C)C. The fourth-order valence-corrected chi connectivity index (χ4v) is 4.70. The quantitative estimate of drug-likeness (QED) is 0.700. The van der Waals surface area contributed by atoms with Gasteiger partial charge in [0.2, 0.25) is 10.0 Å². The van der Waals surface area contributed by atoms with E-state index in [4.69, 9.17) is 0 Å². The lowest BCUT2D eigenvalue weighted by molar-refractivity contribution is -0.133. The van der Waals surface area contributed by atoms with Crippen LogP contribution in [0.5, 0.6) is 0 Å². The number of rotatable bonds is 4. The van der Waals surface area contributed by atoms with Crippen molar-refractivity contribution in [1.29, 1.82) is 0 Å². The molecule has 2 fully saturated rings. The monoisotopic (exact) mass is 398 g/mol. The van der Waals surface area contributed by atoms with Crippen molar-refractivity contribution in [2.24, 2.45) is 0 Å². The summed E-state index contributed by atoms with van der Waals surface area (Å²) < 4.78 is 40.4. The third kappa shape index (κ3) is 3.32. The molecule has 1 aromatic carbocycles. The Labute approximate surface area is 158 Å². The fourth-order valence-electron chi connectivity index (χ4n) is 3.21. The summed E-state index contributed by atoms with van der Waals surface area (Å²) >= 11 is 0. The van der Waals surface area contributed by atoms with E-state index in [-0.39, 0.29) is 36.6 Å². The van der Waals surface area contributed by atoms with Crippen molar-refractivity contribution in [3.05, 3.63) is 30.1 Å². The third-order valence-corrected chi connectivity index (χ3v) is 7.18. The van der Waals surface area contributed by atoms with Gasteiger partial charge in [-0.05, 0) is 26.0 Å². The van der Waals surface area contributed by atoms with Crippen LogP contribution in [-0.2, 0) is 14.8 Å². The molecule has 3 amide bonds. The molecule has 8 nitrogen and oxygen atoms in total. The largest absolute Gasteiger partial charge is 0.328 e. The first-order valence-electron chi connectivity index (χ1n) is 8.63. The first kappa shape index (κ1) is 19.7. The summed E-state index contributed by atoms with van der Waals surface area (Å²) in [5.41, 5.74) is -0.896. The highest BCUT2D eigenvalue weighted by Gasteiger charge is 2.49. The molecule has 0 aromatic heterocycles. The van der Waals surface area contributed by atoms with E-state index >= 15 is 0 Å². The Morgan fingerprint density at radius 1 is 1.07 bits per heavy atom. The first-order valence-corrected chi connectivity index (χ1v) is 10.1. The normalized spacial score (nSPS) is 21.9. The van der Waals surface area contributed by atoms with E-state index in [1.807, 2.05) is 4.90 Å². The number of amides is 3. The smallest absolute Gasteiger partial charge is 0.313 e. The molecule has 0 atom stereocenters. The molecule has 0 saturated carbocycles. The van der Waals surface area contributed by atoms with E-state index in [9.17, 15) is 22.4 Å². The number of piperazine rings is 1. The van der Waals surface area contributed by atoms with E-state index in [0.29, 0.717) is 13.1 Å². The van der Waals surface area contributed by atoms with Gasteiger partial charge in [0.05, 0.1) is 6.67 Å². The summed E-state index contributed by atoms with van der Waals surface area (Å²) in [6.45, 7) is 4.49. The van der Waals surface area contributed by atoms with Gasteiger partial charge in [-0.15, -0.1) is 0 Å². The fraction of sp³-hybridized carbons (Fsp3) is 0.529. The summed E-state index contributed by atoms with van der Waals surface area (Å²) in [6, 6.07) is 4.92. The van der Waals surface area contributed by atoms with Gasteiger partial charge in [-0.25, -0.2) is 22.5 Å². The van der Waals surface area contributed by atoms with Crippen LogP contribution in [0.25, 0.3) is 0 Å². The van der Waals surface area contributed by atoms with Crippen molar-refractivity contribution in [3.8, 4) is 0 Å². The zero-order valence-electron chi connectivity index (χ0n) is 15.6. The lowest BCUT2D eigenvalue weighted by atomic mass is 10.1. The predicted octanol–water partition coefficient (Wildman–Crippen LogP) is 0.762. The maximum absolute atomic E-state index is 13.9. The van der Waals surface area contributed by atoms with Crippen LogP contribution in [0.15, 0.2) is 29.2 Å². The van der Waals surface area contributed by atoms with Crippen molar-refractivity contribution >= 4 is 22.0 Å². The van der Waals surface area contributed by atoms with Gasteiger partial charge < -0.3 is 4.90 Å². The molecular weight excluding hydrogens is 375 g/mol. The number of hydrogen-bond acceptors (Lipinski definition) is 5. The molecule has 2 aliphatic rings. The number of hydrogen-bond donors (Lipinski definition) is 0. The molecule has 3 rings (SSSR count). The maximum atomic E-state index is 13.9. The number of carbonyl (C=O) groups excluding carboxylic acids is 2. The standard InChI is InChI=1S/C17H23FN4O4S/c1-17(2)15(23)22(16(24)19(17)3)12-20-8-10-21(11-9-20)27(25,26)14-7-5-4-6-13(14)18/h4-7H,8-12H2,1-3H3. The van der Waals surface area contributed by atoms with Crippen LogP contribution in [0.4, 0.5) is 9.18 Å². The number of carbonyl (C=O) groups is 2. The second-order valence-electron chi connectivity index (χ2n) is 7.23. The maximum Gasteiger partial charge on any atom is 0.328 e. The first-order chi connectivity index (χ1) is 12.6. The van der Waals surface area contributed by atoms with Crippen molar-refractivity contribution in [3.63, 3.8) is 0 Å². The molecule has 2 saturated heterocycles. The van der Waals surface area contributed by atoms with Crippen LogP contribution >= 0.6 is 0 Å². The topological polar surface area (TPSA) is 81.2 Å². The minimum atomic E-state index is -3.92. The van der Waals surface area contributed by atoms with Crippen LogP contribution in [0.1, 0.15) is 13.8 Å². The molecule has 27 heavy (non-hydrogen) atoms. The number of imide groups is 1. The summed E-state index contributed by atoms with van der Waals surface area (Å²) in [5, 5.41) is 0. The third-order valence-electron chi connectivity index (χ3n) is 5.25. The molecule has 0 aliphatic carbocycles. The van der Waals surface area contributed by atoms with Crippen LogP contribution in [-0.4, -0.2) is 84.8 Å². The Balaban J connectivity index is 1.66. The molecule has 10 heteroatoms. The van der Waals surface area contributed by atoms with Gasteiger partial charge in [-0.3, -0.25) is 9.69 Å². The summed E-state index contributed by atoms with van der Waals surface area (Å²) in [7, 11) is -2.33. The lowest BCUT2D eigenvalue weighted by Crippen LogP contribution is -2.52. The molecule has 0 bridgehead atoms. The lowest BCUT2D eigenvalue weighted by Gasteiger charge is -2.35. The van der Waals surface area contributed by atoms with Gasteiger partial charge in [0.1, 0.15) is 16.3 Å². The van der Waals surface area contributed by atoms with Crippen LogP contribution in [0, 0.1) is 5.82 Å². The van der Waals surface area contributed by atoms with E-state index in [2.05, 4.69) is 0 Å². The summed E-state index contributed by atoms with van der Waals surface area (Å²) in [5.74, 6) is -1.06. The predicted molar refractivity (Wildman–Crippen MR) is 95.7 cm³/mol. The number of urea groups is 1. The number of sulfonamides is 1. The van der Waals surface area contributed by atoms with Gasteiger partial charge in [0, 0.05) is 33.2 Å². The molecule has 0 radical (unpaired) electrons. The highest BCUT2D eigenvalue weighted by Crippen LogP contribution is 2.26. The molecule has 0 N–H and O–H groups in total. The number of benzene rings is 1. The van der Waals surface area contributed by atoms with Crippen molar-refractivity contribution < 1.29 is 22.4 Å². The van der Waals surface area contributed by atoms with Crippen LogP contribution in [0.2, 0.25) is 0 Å². The van der Waals surface area contributed by atoms with Gasteiger partial charge in [0.25, 0.3) is 5.91 Å². The second-order valence-corrected chi connectivity index (χ2v) is 9.13.